The number of pyridine rings is 1. The third-order valence-electron chi connectivity index (χ3n) is 3.84. The Bertz CT molecular complexity index is 1150. The first-order valence-electron chi connectivity index (χ1n) is 7.72. The number of nitrogens with zero attached hydrogens (tertiary/aromatic N) is 2. The summed E-state index contributed by atoms with van der Waals surface area (Å²) in [4.78, 5) is 14.8. The molecule has 0 spiro atoms. The van der Waals surface area contributed by atoms with Crippen LogP contribution in [0, 0.1) is 0 Å². The maximum Gasteiger partial charge on any atom is 0.328 e. The van der Waals surface area contributed by atoms with Crippen LogP contribution in [0.1, 0.15) is 5.56 Å². The normalized spacial score (nSPS) is 11.8. The second-order valence-electron chi connectivity index (χ2n) is 5.49. The van der Waals surface area contributed by atoms with Crippen molar-refractivity contribution in [3.05, 3.63) is 54.4 Å². The molecule has 27 heavy (non-hydrogen) atoms. The Labute approximate surface area is 155 Å². The number of hydrogen-bond acceptors (Lipinski definition) is 6. The van der Waals surface area contributed by atoms with E-state index >= 15 is 0 Å². The molecule has 2 aromatic heterocycles. The van der Waals surface area contributed by atoms with E-state index in [-0.39, 0.29) is 10.5 Å². The van der Waals surface area contributed by atoms with Crippen LogP contribution in [-0.2, 0) is 14.8 Å². The number of benzene rings is 1. The number of rotatable bonds is 6. The first-order chi connectivity index (χ1) is 12.9. The van der Waals surface area contributed by atoms with Gasteiger partial charge in [-0.15, -0.1) is 0 Å². The minimum Gasteiger partial charge on any atom is -0.493 e. The molecule has 0 saturated carbocycles. The summed E-state index contributed by atoms with van der Waals surface area (Å²) in [5, 5.41) is 9.26. The highest BCUT2D eigenvalue weighted by molar-refractivity contribution is 7.90. The van der Waals surface area contributed by atoms with Gasteiger partial charge in [-0.2, -0.15) is 0 Å². The molecule has 3 rings (SSSR count). The van der Waals surface area contributed by atoms with E-state index in [0.717, 1.165) is 10.0 Å². The van der Waals surface area contributed by atoms with Crippen LogP contribution in [-0.4, -0.2) is 42.7 Å². The SMILES string of the molecule is COc1ccc(S(=O)(=O)n2ccc3cc(C=CC(=O)O)cnc32)cc1OC. The Hall–Kier alpha value is -3.33. The average Bonchev–Trinajstić information content (AvgIpc) is 3.09. The lowest BCUT2D eigenvalue weighted by Gasteiger charge is -2.11. The van der Waals surface area contributed by atoms with Crippen molar-refractivity contribution in [2.45, 2.75) is 4.90 Å². The number of ether oxygens (including phenoxy) is 2. The fraction of sp³-hybridized carbons (Fsp3) is 0.111. The molecule has 1 aromatic carbocycles. The van der Waals surface area contributed by atoms with E-state index in [9.17, 15) is 13.2 Å². The van der Waals surface area contributed by atoms with Crippen LogP contribution in [0.4, 0.5) is 0 Å². The lowest BCUT2D eigenvalue weighted by molar-refractivity contribution is -0.131. The smallest absolute Gasteiger partial charge is 0.328 e. The lowest BCUT2D eigenvalue weighted by atomic mass is 10.2. The quantitative estimate of drug-likeness (QED) is 0.646. The molecule has 1 N–H and O–H groups in total. The number of carboxylic acids is 1. The van der Waals surface area contributed by atoms with Crippen molar-refractivity contribution in [1.29, 1.82) is 0 Å². The highest BCUT2D eigenvalue weighted by atomic mass is 32.2. The summed E-state index contributed by atoms with van der Waals surface area (Å²) in [5.41, 5.74) is 0.781. The molecule has 8 nitrogen and oxygen atoms in total. The second kappa shape index (κ2) is 7.12. The highest BCUT2D eigenvalue weighted by Crippen LogP contribution is 2.31. The summed E-state index contributed by atoms with van der Waals surface area (Å²) < 4.78 is 37.4. The van der Waals surface area contributed by atoms with Crippen LogP contribution in [0.25, 0.3) is 17.1 Å². The zero-order chi connectivity index (χ0) is 19.6. The summed E-state index contributed by atoms with van der Waals surface area (Å²) in [6, 6.07) is 7.57. The Kier molecular flexibility index (Phi) is 4.87. The minimum absolute atomic E-state index is 0.0225. The highest BCUT2D eigenvalue weighted by Gasteiger charge is 2.21. The fourth-order valence-corrected chi connectivity index (χ4v) is 3.88. The molecule has 0 aliphatic rings. The summed E-state index contributed by atoms with van der Waals surface area (Å²) in [5.74, 6) is -0.366. The van der Waals surface area contributed by atoms with Crippen LogP contribution in [0.2, 0.25) is 0 Å². The molecule has 0 amide bonds. The molecule has 0 atom stereocenters. The van der Waals surface area contributed by atoms with Gasteiger partial charge >= 0.3 is 5.97 Å². The van der Waals surface area contributed by atoms with Crippen molar-refractivity contribution in [2.75, 3.05) is 14.2 Å². The van der Waals surface area contributed by atoms with Crippen molar-refractivity contribution in [1.82, 2.24) is 8.96 Å². The zero-order valence-electron chi connectivity index (χ0n) is 14.5. The van der Waals surface area contributed by atoms with Crippen molar-refractivity contribution in [2.24, 2.45) is 0 Å². The largest absolute Gasteiger partial charge is 0.493 e. The molecule has 0 radical (unpaired) electrons. The van der Waals surface area contributed by atoms with Gasteiger partial charge in [-0.05, 0) is 35.9 Å². The van der Waals surface area contributed by atoms with Crippen LogP contribution in [0.3, 0.4) is 0 Å². The predicted octanol–water partition coefficient (Wildman–Crippen LogP) is 2.39. The fourth-order valence-electron chi connectivity index (χ4n) is 2.56. The second-order valence-corrected chi connectivity index (χ2v) is 7.30. The van der Waals surface area contributed by atoms with Gasteiger partial charge in [0.15, 0.2) is 17.1 Å². The molecule has 0 bridgehead atoms. The van der Waals surface area contributed by atoms with Gasteiger partial charge in [-0.3, -0.25) is 0 Å². The van der Waals surface area contributed by atoms with Crippen LogP contribution < -0.4 is 9.47 Å². The van der Waals surface area contributed by atoms with Gasteiger partial charge in [0, 0.05) is 29.9 Å². The van der Waals surface area contributed by atoms with Crippen molar-refractivity contribution in [3.63, 3.8) is 0 Å². The molecule has 0 aliphatic heterocycles. The third kappa shape index (κ3) is 3.49. The molecular weight excluding hydrogens is 372 g/mol. The Morgan fingerprint density at radius 3 is 2.56 bits per heavy atom. The third-order valence-corrected chi connectivity index (χ3v) is 5.51. The van der Waals surface area contributed by atoms with E-state index < -0.39 is 16.0 Å². The summed E-state index contributed by atoms with van der Waals surface area (Å²) in [6.07, 6.45) is 5.17. The van der Waals surface area contributed by atoms with Gasteiger partial charge in [0.05, 0.1) is 19.1 Å². The van der Waals surface area contributed by atoms with Crippen molar-refractivity contribution < 1.29 is 27.8 Å². The lowest BCUT2D eigenvalue weighted by Crippen LogP contribution is -2.12. The van der Waals surface area contributed by atoms with Gasteiger partial charge in [-0.1, -0.05) is 0 Å². The standard InChI is InChI=1S/C18H16N2O6S/c1-25-15-5-4-14(10-16(15)26-2)27(23,24)20-8-7-13-9-12(3-6-17(21)22)11-19-18(13)20/h3-11H,1-2H3,(H,21,22). The summed E-state index contributed by atoms with van der Waals surface area (Å²) in [7, 11) is -1.02. The molecule has 9 heteroatoms. The molecular formula is C18H16N2O6S. The molecule has 0 aliphatic carbocycles. The van der Waals surface area contributed by atoms with E-state index in [1.165, 1.54) is 50.9 Å². The van der Waals surface area contributed by atoms with Gasteiger partial charge < -0.3 is 14.6 Å². The average molecular weight is 388 g/mol. The molecule has 3 aromatic rings. The number of carbonyl (C=O) groups is 1. The van der Waals surface area contributed by atoms with Crippen LogP contribution in [0.15, 0.2) is 53.7 Å². The topological polar surface area (TPSA) is 108 Å². The minimum atomic E-state index is -3.91. The van der Waals surface area contributed by atoms with Crippen molar-refractivity contribution >= 4 is 33.1 Å². The first-order valence-corrected chi connectivity index (χ1v) is 9.16. The molecule has 0 unspecified atom stereocenters. The van der Waals surface area contributed by atoms with E-state index in [1.54, 1.807) is 12.1 Å². The zero-order valence-corrected chi connectivity index (χ0v) is 15.3. The number of carboxylic acid groups (broad SMARTS) is 1. The predicted molar refractivity (Wildman–Crippen MR) is 98.5 cm³/mol. The van der Waals surface area contributed by atoms with Crippen molar-refractivity contribution in [3.8, 4) is 11.5 Å². The number of hydrogen-bond donors (Lipinski definition) is 1. The van der Waals surface area contributed by atoms with Gasteiger partial charge in [-0.25, -0.2) is 22.2 Å². The maximum absolute atomic E-state index is 13.0. The number of methoxy groups -OCH3 is 2. The van der Waals surface area contributed by atoms with E-state index in [0.29, 0.717) is 22.4 Å². The molecule has 140 valence electrons. The van der Waals surface area contributed by atoms with Crippen LogP contribution in [0.5, 0.6) is 11.5 Å². The summed E-state index contributed by atoms with van der Waals surface area (Å²) in [6.45, 7) is 0. The molecule has 2 heterocycles. The van der Waals surface area contributed by atoms with Gasteiger partial charge in [0.1, 0.15) is 0 Å². The van der Waals surface area contributed by atoms with Gasteiger partial charge in [0.25, 0.3) is 10.0 Å². The van der Waals surface area contributed by atoms with Crippen LogP contribution >= 0.6 is 0 Å². The maximum atomic E-state index is 13.0. The van der Waals surface area contributed by atoms with E-state index in [2.05, 4.69) is 4.98 Å². The van der Waals surface area contributed by atoms with Gasteiger partial charge in [0.2, 0.25) is 0 Å². The Balaban J connectivity index is 2.07. The number of aromatic nitrogens is 2. The first kappa shape index (κ1) is 18.5. The Morgan fingerprint density at radius 2 is 1.89 bits per heavy atom. The molecule has 0 saturated heterocycles. The van der Waals surface area contributed by atoms with E-state index in [4.69, 9.17) is 14.6 Å². The molecule has 0 fully saturated rings. The van der Waals surface area contributed by atoms with E-state index in [1.807, 2.05) is 0 Å². The number of fused-ring (bicyclic) bond motifs is 1. The number of aliphatic carboxylic acids is 1. The monoisotopic (exact) mass is 388 g/mol. The summed E-state index contributed by atoms with van der Waals surface area (Å²) >= 11 is 0. The Morgan fingerprint density at radius 1 is 1.15 bits per heavy atom.